The van der Waals surface area contributed by atoms with Gasteiger partial charge in [0.2, 0.25) is 5.91 Å². The van der Waals surface area contributed by atoms with Gasteiger partial charge < -0.3 is 15.1 Å². The Balaban J connectivity index is 1.74. The van der Waals surface area contributed by atoms with E-state index in [0.29, 0.717) is 13.0 Å². The quantitative estimate of drug-likeness (QED) is 0.684. The highest BCUT2D eigenvalue weighted by Crippen LogP contribution is 2.16. The van der Waals surface area contributed by atoms with Crippen LogP contribution in [0.3, 0.4) is 0 Å². The van der Waals surface area contributed by atoms with E-state index in [4.69, 9.17) is 4.42 Å². The fourth-order valence-corrected chi connectivity index (χ4v) is 2.98. The molecule has 1 atom stereocenters. The van der Waals surface area contributed by atoms with Crippen molar-refractivity contribution in [2.45, 2.75) is 30.7 Å². The van der Waals surface area contributed by atoms with Gasteiger partial charge in [-0.05, 0) is 43.2 Å². The molecule has 2 aromatic rings. The largest absolute Gasteiger partial charge is 0.459 e. The van der Waals surface area contributed by atoms with Crippen LogP contribution >= 0.6 is 0 Å². The van der Waals surface area contributed by atoms with Crippen molar-refractivity contribution in [2.75, 3.05) is 12.8 Å². The Kier molecular flexibility index (Phi) is 6.57. The summed E-state index contributed by atoms with van der Waals surface area (Å²) in [6.45, 7) is 2.19. The van der Waals surface area contributed by atoms with Gasteiger partial charge in [-0.15, -0.1) is 0 Å². The second-order valence-electron chi connectivity index (χ2n) is 5.97. The maximum absolute atomic E-state index is 12.0. The molecule has 7 nitrogen and oxygen atoms in total. The van der Waals surface area contributed by atoms with Gasteiger partial charge in [0.15, 0.2) is 15.6 Å². The summed E-state index contributed by atoms with van der Waals surface area (Å²) in [7, 11) is -3.24. The lowest BCUT2D eigenvalue weighted by atomic mass is 10.1. The van der Waals surface area contributed by atoms with Crippen molar-refractivity contribution < 1.29 is 22.4 Å². The third-order valence-corrected chi connectivity index (χ3v) is 4.93. The SMILES string of the molecule is C[C@H](NC(=O)CCCNC(=O)c1ccco1)c1ccc(S(C)(=O)=O)cc1. The molecule has 1 aromatic carbocycles. The molecular weight excluding hydrogens is 356 g/mol. The van der Waals surface area contributed by atoms with Gasteiger partial charge in [0.25, 0.3) is 5.91 Å². The molecule has 8 heteroatoms. The summed E-state index contributed by atoms with van der Waals surface area (Å²) in [6.07, 6.45) is 3.34. The number of amides is 2. The van der Waals surface area contributed by atoms with Crippen LogP contribution in [-0.4, -0.2) is 33.0 Å². The molecule has 2 rings (SSSR count). The molecule has 0 saturated heterocycles. The molecule has 0 aliphatic rings. The molecule has 0 unspecified atom stereocenters. The molecule has 0 aliphatic carbocycles. The van der Waals surface area contributed by atoms with Crippen molar-refractivity contribution in [3.8, 4) is 0 Å². The van der Waals surface area contributed by atoms with Crippen LogP contribution in [0.5, 0.6) is 0 Å². The van der Waals surface area contributed by atoms with Crippen LogP contribution in [0, 0.1) is 0 Å². The van der Waals surface area contributed by atoms with E-state index in [1.807, 2.05) is 6.92 Å². The van der Waals surface area contributed by atoms with E-state index in [-0.39, 0.29) is 34.9 Å². The maximum Gasteiger partial charge on any atom is 0.286 e. The van der Waals surface area contributed by atoms with Crippen LogP contribution in [0.15, 0.2) is 52.0 Å². The first-order valence-corrected chi connectivity index (χ1v) is 10.1. The monoisotopic (exact) mass is 378 g/mol. The highest BCUT2D eigenvalue weighted by Gasteiger charge is 2.12. The Hall–Kier alpha value is -2.61. The molecule has 1 aromatic heterocycles. The summed E-state index contributed by atoms with van der Waals surface area (Å²) in [5.41, 5.74) is 0.817. The van der Waals surface area contributed by atoms with E-state index in [0.717, 1.165) is 11.8 Å². The van der Waals surface area contributed by atoms with Crippen LogP contribution < -0.4 is 10.6 Å². The third-order valence-electron chi connectivity index (χ3n) is 3.80. The number of benzene rings is 1. The molecule has 0 saturated carbocycles. The van der Waals surface area contributed by atoms with E-state index in [2.05, 4.69) is 10.6 Å². The Bertz CT molecular complexity index is 842. The molecule has 0 fully saturated rings. The summed E-state index contributed by atoms with van der Waals surface area (Å²) in [5.74, 6) is -0.215. The van der Waals surface area contributed by atoms with E-state index in [9.17, 15) is 18.0 Å². The van der Waals surface area contributed by atoms with Crippen LogP contribution in [0.4, 0.5) is 0 Å². The number of hydrogen-bond donors (Lipinski definition) is 2. The molecule has 26 heavy (non-hydrogen) atoms. The van der Waals surface area contributed by atoms with Crippen LogP contribution in [-0.2, 0) is 14.6 Å². The highest BCUT2D eigenvalue weighted by molar-refractivity contribution is 7.90. The van der Waals surface area contributed by atoms with E-state index in [1.54, 1.807) is 24.3 Å². The Morgan fingerprint density at radius 2 is 1.85 bits per heavy atom. The van der Waals surface area contributed by atoms with Crippen molar-refractivity contribution in [3.63, 3.8) is 0 Å². The Morgan fingerprint density at radius 3 is 2.42 bits per heavy atom. The minimum atomic E-state index is -3.24. The molecule has 140 valence electrons. The zero-order valence-corrected chi connectivity index (χ0v) is 15.5. The van der Waals surface area contributed by atoms with Crippen molar-refractivity contribution >= 4 is 21.7 Å². The van der Waals surface area contributed by atoms with E-state index in [1.165, 1.54) is 18.4 Å². The van der Waals surface area contributed by atoms with Gasteiger partial charge in [0.05, 0.1) is 17.2 Å². The van der Waals surface area contributed by atoms with Gasteiger partial charge in [-0.1, -0.05) is 12.1 Å². The topological polar surface area (TPSA) is 105 Å². The predicted molar refractivity (Wildman–Crippen MR) is 96.4 cm³/mol. The van der Waals surface area contributed by atoms with Crippen molar-refractivity contribution in [2.24, 2.45) is 0 Å². The van der Waals surface area contributed by atoms with Gasteiger partial charge in [-0.25, -0.2) is 8.42 Å². The van der Waals surface area contributed by atoms with Crippen molar-refractivity contribution in [3.05, 3.63) is 54.0 Å². The predicted octanol–water partition coefficient (Wildman–Crippen LogP) is 2.07. The van der Waals surface area contributed by atoms with E-state index < -0.39 is 9.84 Å². The summed E-state index contributed by atoms with van der Waals surface area (Å²) in [4.78, 5) is 23.9. The fourth-order valence-electron chi connectivity index (χ4n) is 2.35. The van der Waals surface area contributed by atoms with Crippen LogP contribution in [0.1, 0.15) is 41.9 Å². The second kappa shape index (κ2) is 8.66. The number of carbonyl (C=O) groups excluding carboxylic acids is 2. The summed E-state index contributed by atoms with van der Waals surface area (Å²) in [6, 6.07) is 9.38. The maximum atomic E-state index is 12.0. The molecular formula is C18H22N2O5S. The van der Waals surface area contributed by atoms with Crippen LogP contribution in [0.25, 0.3) is 0 Å². The lowest BCUT2D eigenvalue weighted by Crippen LogP contribution is -2.29. The van der Waals surface area contributed by atoms with Gasteiger partial charge in [0, 0.05) is 19.2 Å². The average Bonchev–Trinajstić information content (AvgIpc) is 3.12. The number of sulfone groups is 1. The number of rotatable bonds is 8. The minimum absolute atomic E-state index is 0.142. The lowest BCUT2D eigenvalue weighted by Gasteiger charge is -2.15. The lowest BCUT2D eigenvalue weighted by molar-refractivity contribution is -0.121. The van der Waals surface area contributed by atoms with Gasteiger partial charge in [0.1, 0.15) is 0 Å². The Morgan fingerprint density at radius 1 is 1.15 bits per heavy atom. The standard InChI is InChI=1S/C18H22N2O5S/c1-13(14-7-9-15(10-8-14)26(2,23)24)20-17(21)6-3-11-19-18(22)16-5-4-12-25-16/h4-5,7-10,12-13H,3,6,11H2,1-2H3,(H,19,22)(H,20,21)/t13-/m0/s1. The van der Waals surface area contributed by atoms with Crippen LogP contribution in [0.2, 0.25) is 0 Å². The number of furan rings is 1. The van der Waals surface area contributed by atoms with Gasteiger partial charge in [-0.2, -0.15) is 0 Å². The average molecular weight is 378 g/mol. The van der Waals surface area contributed by atoms with Gasteiger partial charge in [-0.3, -0.25) is 9.59 Å². The van der Waals surface area contributed by atoms with Gasteiger partial charge >= 0.3 is 0 Å². The zero-order valence-electron chi connectivity index (χ0n) is 14.7. The summed E-state index contributed by atoms with van der Waals surface area (Å²) < 4.78 is 27.9. The minimum Gasteiger partial charge on any atom is -0.459 e. The Labute approximate surface area is 152 Å². The molecule has 2 N–H and O–H groups in total. The molecule has 0 radical (unpaired) electrons. The molecule has 2 amide bonds. The highest BCUT2D eigenvalue weighted by atomic mass is 32.2. The first kappa shape index (κ1) is 19.7. The summed E-state index contributed by atoms with van der Waals surface area (Å²) >= 11 is 0. The van der Waals surface area contributed by atoms with Crippen molar-refractivity contribution in [1.29, 1.82) is 0 Å². The zero-order chi connectivity index (χ0) is 19.2. The van der Waals surface area contributed by atoms with Crippen molar-refractivity contribution in [1.82, 2.24) is 10.6 Å². The third kappa shape index (κ3) is 5.73. The molecule has 1 heterocycles. The van der Waals surface area contributed by atoms with E-state index >= 15 is 0 Å². The first-order chi connectivity index (χ1) is 12.3. The fraction of sp³-hybridized carbons (Fsp3) is 0.333. The normalized spacial score (nSPS) is 12.4. The number of carbonyl (C=O) groups is 2. The molecule has 0 bridgehead atoms. The second-order valence-corrected chi connectivity index (χ2v) is 7.98. The number of hydrogen-bond acceptors (Lipinski definition) is 5. The number of nitrogens with one attached hydrogen (secondary N) is 2. The molecule has 0 aliphatic heterocycles. The molecule has 0 spiro atoms. The first-order valence-electron chi connectivity index (χ1n) is 8.18. The smallest absolute Gasteiger partial charge is 0.286 e. The summed E-state index contributed by atoms with van der Waals surface area (Å²) in [5, 5.41) is 5.53.